The van der Waals surface area contributed by atoms with Crippen LogP contribution in [-0.2, 0) is 0 Å². The standard InChI is InChI=1S/C12H13ClN2/c13-9-1-4-12(14-7-9)8-5-10-2-3-11(6-8)15-10/h1-4,7-8,10-11,15H,5-6H2/t8?,10-,11+. The maximum atomic E-state index is 5.83. The normalized spacial score (nSPS) is 33.3. The quantitative estimate of drug-likeness (QED) is 0.736. The number of hydrogen-bond acceptors (Lipinski definition) is 2. The van der Waals surface area contributed by atoms with E-state index in [0.717, 1.165) is 12.8 Å². The van der Waals surface area contributed by atoms with Gasteiger partial charge in [0.15, 0.2) is 0 Å². The zero-order valence-electron chi connectivity index (χ0n) is 8.36. The van der Waals surface area contributed by atoms with E-state index in [0.29, 0.717) is 23.0 Å². The smallest absolute Gasteiger partial charge is 0.0589 e. The number of piperidine rings is 1. The summed E-state index contributed by atoms with van der Waals surface area (Å²) in [4.78, 5) is 4.41. The van der Waals surface area contributed by atoms with Gasteiger partial charge in [0, 0.05) is 29.9 Å². The monoisotopic (exact) mass is 220 g/mol. The van der Waals surface area contributed by atoms with Crippen molar-refractivity contribution in [3.05, 3.63) is 41.2 Å². The summed E-state index contributed by atoms with van der Waals surface area (Å²) in [5.74, 6) is 0.577. The van der Waals surface area contributed by atoms with Crippen molar-refractivity contribution in [3.63, 3.8) is 0 Å². The zero-order chi connectivity index (χ0) is 10.3. The van der Waals surface area contributed by atoms with Gasteiger partial charge in [0.1, 0.15) is 0 Å². The van der Waals surface area contributed by atoms with Crippen LogP contribution in [-0.4, -0.2) is 17.1 Å². The van der Waals surface area contributed by atoms with Crippen molar-refractivity contribution < 1.29 is 0 Å². The highest BCUT2D eigenvalue weighted by Gasteiger charge is 2.30. The Hall–Kier alpha value is -0.860. The van der Waals surface area contributed by atoms with Crippen LogP contribution in [0.25, 0.3) is 0 Å². The average Bonchev–Trinajstić information content (AvgIpc) is 2.59. The largest absolute Gasteiger partial charge is 0.304 e. The number of nitrogens with zero attached hydrogens (tertiary/aromatic N) is 1. The Morgan fingerprint density at radius 1 is 1.20 bits per heavy atom. The fraction of sp³-hybridized carbons (Fsp3) is 0.417. The second kappa shape index (κ2) is 3.62. The first-order valence-corrected chi connectivity index (χ1v) is 5.75. The van der Waals surface area contributed by atoms with Crippen molar-refractivity contribution in [2.45, 2.75) is 30.8 Å². The van der Waals surface area contributed by atoms with Gasteiger partial charge >= 0.3 is 0 Å². The van der Waals surface area contributed by atoms with Gasteiger partial charge in [-0.05, 0) is 25.0 Å². The minimum absolute atomic E-state index is 0.547. The van der Waals surface area contributed by atoms with E-state index in [4.69, 9.17) is 11.6 Å². The molecule has 0 aliphatic carbocycles. The minimum Gasteiger partial charge on any atom is -0.304 e. The maximum absolute atomic E-state index is 5.83. The Balaban J connectivity index is 1.81. The topological polar surface area (TPSA) is 24.9 Å². The molecule has 3 heteroatoms. The summed E-state index contributed by atoms with van der Waals surface area (Å²) in [6.45, 7) is 0. The van der Waals surface area contributed by atoms with E-state index >= 15 is 0 Å². The van der Waals surface area contributed by atoms with Gasteiger partial charge in [0.25, 0.3) is 0 Å². The molecule has 15 heavy (non-hydrogen) atoms. The van der Waals surface area contributed by atoms with Gasteiger partial charge in [-0.2, -0.15) is 0 Å². The number of rotatable bonds is 1. The van der Waals surface area contributed by atoms with Crippen LogP contribution < -0.4 is 5.32 Å². The highest BCUT2D eigenvalue weighted by atomic mass is 35.5. The summed E-state index contributed by atoms with van der Waals surface area (Å²) < 4.78 is 0. The van der Waals surface area contributed by atoms with E-state index in [9.17, 15) is 0 Å². The lowest BCUT2D eigenvalue weighted by atomic mass is 9.89. The molecule has 1 unspecified atom stereocenters. The van der Waals surface area contributed by atoms with Gasteiger partial charge in [-0.3, -0.25) is 4.98 Å². The van der Waals surface area contributed by atoms with Crippen LogP contribution in [0.5, 0.6) is 0 Å². The third kappa shape index (κ3) is 1.80. The lowest BCUT2D eigenvalue weighted by Gasteiger charge is -2.28. The van der Waals surface area contributed by atoms with Crippen LogP contribution in [0.15, 0.2) is 30.5 Å². The first-order valence-electron chi connectivity index (χ1n) is 5.37. The van der Waals surface area contributed by atoms with Crippen molar-refractivity contribution in [3.8, 4) is 0 Å². The third-order valence-electron chi connectivity index (χ3n) is 3.25. The Labute approximate surface area is 94.4 Å². The summed E-state index contributed by atoms with van der Waals surface area (Å²) in [5, 5.41) is 4.25. The van der Waals surface area contributed by atoms with Crippen molar-refractivity contribution >= 4 is 11.6 Å². The van der Waals surface area contributed by atoms with Crippen molar-refractivity contribution in [1.29, 1.82) is 0 Å². The molecule has 2 aliphatic heterocycles. The molecule has 1 saturated heterocycles. The SMILES string of the molecule is Clc1ccc(C2C[C@H]3C=C[C@@H](C2)N3)nc1. The predicted molar refractivity (Wildman–Crippen MR) is 61.1 cm³/mol. The van der Waals surface area contributed by atoms with Gasteiger partial charge in [0.05, 0.1) is 5.02 Å². The van der Waals surface area contributed by atoms with Crippen LogP contribution >= 0.6 is 11.6 Å². The van der Waals surface area contributed by atoms with Gasteiger partial charge in [-0.1, -0.05) is 23.8 Å². The maximum Gasteiger partial charge on any atom is 0.0589 e. The first-order chi connectivity index (χ1) is 7.31. The molecule has 0 radical (unpaired) electrons. The fourth-order valence-corrected chi connectivity index (χ4v) is 2.64. The molecule has 0 spiro atoms. The Kier molecular flexibility index (Phi) is 2.26. The van der Waals surface area contributed by atoms with E-state index in [1.807, 2.05) is 6.07 Å². The molecule has 1 N–H and O–H groups in total. The van der Waals surface area contributed by atoms with Crippen LogP contribution in [0.3, 0.4) is 0 Å². The summed E-state index contributed by atoms with van der Waals surface area (Å²) in [6.07, 6.45) is 8.61. The van der Waals surface area contributed by atoms with Gasteiger partial charge in [-0.25, -0.2) is 0 Å². The van der Waals surface area contributed by atoms with Crippen LogP contribution in [0.4, 0.5) is 0 Å². The first kappa shape index (κ1) is 9.37. The molecule has 2 nitrogen and oxygen atoms in total. The van der Waals surface area contributed by atoms with Gasteiger partial charge in [-0.15, -0.1) is 0 Å². The Bertz CT molecular complexity index is 371. The molecule has 0 saturated carbocycles. The number of fused-ring (bicyclic) bond motifs is 2. The molecule has 0 amide bonds. The van der Waals surface area contributed by atoms with E-state index in [1.54, 1.807) is 6.20 Å². The van der Waals surface area contributed by atoms with E-state index in [1.165, 1.54) is 5.69 Å². The minimum atomic E-state index is 0.547. The van der Waals surface area contributed by atoms with Gasteiger partial charge in [0.2, 0.25) is 0 Å². The molecule has 3 atom stereocenters. The third-order valence-corrected chi connectivity index (χ3v) is 3.47. The summed E-state index contributed by atoms with van der Waals surface area (Å²) in [5.41, 5.74) is 1.18. The lowest BCUT2D eigenvalue weighted by Crippen LogP contribution is -2.38. The van der Waals surface area contributed by atoms with Gasteiger partial charge < -0.3 is 5.32 Å². The second-order valence-corrected chi connectivity index (χ2v) is 4.77. The Morgan fingerprint density at radius 3 is 2.53 bits per heavy atom. The predicted octanol–water partition coefficient (Wildman–Crippen LogP) is 2.51. The average molecular weight is 221 g/mol. The number of aromatic nitrogens is 1. The van der Waals surface area contributed by atoms with Crippen molar-refractivity contribution in [2.75, 3.05) is 0 Å². The van der Waals surface area contributed by atoms with Crippen molar-refractivity contribution in [1.82, 2.24) is 10.3 Å². The summed E-state index contributed by atoms with van der Waals surface area (Å²) >= 11 is 5.83. The molecule has 0 aromatic carbocycles. The lowest BCUT2D eigenvalue weighted by molar-refractivity contribution is 0.376. The molecule has 1 fully saturated rings. The molecule has 1 aromatic heterocycles. The summed E-state index contributed by atoms with van der Waals surface area (Å²) in [6, 6.07) is 5.08. The van der Waals surface area contributed by atoms with E-state index < -0.39 is 0 Å². The number of nitrogens with one attached hydrogen (secondary N) is 1. The molecule has 3 heterocycles. The molecule has 2 aliphatic rings. The zero-order valence-corrected chi connectivity index (χ0v) is 9.11. The highest BCUT2D eigenvalue weighted by molar-refractivity contribution is 6.30. The number of pyridine rings is 1. The number of halogens is 1. The molecule has 78 valence electrons. The summed E-state index contributed by atoms with van der Waals surface area (Å²) in [7, 11) is 0. The van der Waals surface area contributed by atoms with Crippen molar-refractivity contribution in [2.24, 2.45) is 0 Å². The molecule has 2 bridgehead atoms. The van der Waals surface area contributed by atoms with Crippen LogP contribution in [0.1, 0.15) is 24.5 Å². The molecular weight excluding hydrogens is 208 g/mol. The van der Waals surface area contributed by atoms with Crippen LogP contribution in [0, 0.1) is 0 Å². The molecular formula is C12H13ClN2. The van der Waals surface area contributed by atoms with E-state index in [-0.39, 0.29) is 0 Å². The molecule has 3 rings (SSSR count). The van der Waals surface area contributed by atoms with Crippen LogP contribution in [0.2, 0.25) is 5.02 Å². The fourth-order valence-electron chi connectivity index (χ4n) is 2.53. The Morgan fingerprint density at radius 2 is 1.93 bits per heavy atom. The molecule has 1 aromatic rings. The number of hydrogen-bond donors (Lipinski definition) is 1. The highest BCUT2D eigenvalue weighted by Crippen LogP contribution is 2.33. The second-order valence-electron chi connectivity index (χ2n) is 4.33. The van der Waals surface area contributed by atoms with E-state index in [2.05, 4.69) is 28.5 Å².